The quantitative estimate of drug-likeness (QED) is 0.870. The predicted molar refractivity (Wildman–Crippen MR) is 69.9 cm³/mol. The molecule has 20 heavy (non-hydrogen) atoms. The molecule has 1 saturated carbocycles. The van der Waals surface area contributed by atoms with Crippen molar-refractivity contribution in [1.29, 1.82) is 0 Å². The van der Waals surface area contributed by atoms with Crippen LogP contribution in [-0.2, 0) is 4.79 Å². The molecule has 0 aromatic heterocycles. The highest BCUT2D eigenvalue weighted by molar-refractivity contribution is 5.94. The molecule has 3 unspecified atom stereocenters. The first-order valence-corrected chi connectivity index (χ1v) is 6.54. The highest BCUT2D eigenvalue weighted by atomic mass is 19.1. The molecular weight excluding hydrogens is 263 g/mol. The lowest BCUT2D eigenvalue weighted by molar-refractivity contribution is -0.120. The molecule has 0 radical (unpaired) electrons. The third kappa shape index (κ3) is 2.11. The van der Waals surface area contributed by atoms with E-state index >= 15 is 0 Å². The van der Waals surface area contributed by atoms with Gasteiger partial charge in [0.15, 0.2) is 0 Å². The Kier molecular flexibility index (Phi) is 2.88. The van der Waals surface area contributed by atoms with Crippen molar-refractivity contribution < 1.29 is 19.1 Å². The van der Waals surface area contributed by atoms with Crippen LogP contribution < -0.4 is 5.32 Å². The molecule has 1 aromatic rings. The summed E-state index contributed by atoms with van der Waals surface area (Å²) in [5, 5.41) is 11.8. The molecule has 1 aromatic carbocycles. The minimum atomic E-state index is -0.967. The zero-order valence-electron chi connectivity index (χ0n) is 11.0. The van der Waals surface area contributed by atoms with Gasteiger partial charge in [-0.1, -0.05) is 0 Å². The van der Waals surface area contributed by atoms with Crippen LogP contribution in [0.25, 0.3) is 0 Å². The summed E-state index contributed by atoms with van der Waals surface area (Å²) in [5.74, 6) is -0.676. The first-order valence-electron chi connectivity index (χ1n) is 6.54. The second-order valence-corrected chi connectivity index (χ2v) is 5.46. The summed E-state index contributed by atoms with van der Waals surface area (Å²) in [6.45, 7) is 1.88. The molecular formula is C14H15FN2O3. The van der Waals surface area contributed by atoms with E-state index in [0.717, 1.165) is 6.42 Å². The van der Waals surface area contributed by atoms with Crippen molar-refractivity contribution in [2.24, 2.45) is 11.8 Å². The molecule has 1 aliphatic carbocycles. The maximum Gasteiger partial charge on any atom is 0.407 e. The van der Waals surface area contributed by atoms with Gasteiger partial charge < -0.3 is 15.3 Å². The summed E-state index contributed by atoms with van der Waals surface area (Å²) in [5.41, 5.74) is 1.01. The van der Waals surface area contributed by atoms with Gasteiger partial charge >= 0.3 is 6.09 Å². The predicted octanol–water partition coefficient (Wildman–Crippen LogP) is 2.07. The molecule has 2 N–H and O–H groups in total. The van der Waals surface area contributed by atoms with Crippen molar-refractivity contribution in [1.82, 2.24) is 4.90 Å². The fourth-order valence-corrected chi connectivity index (χ4v) is 2.93. The van der Waals surface area contributed by atoms with E-state index in [0.29, 0.717) is 11.3 Å². The number of halogens is 1. The minimum Gasteiger partial charge on any atom is -0.465 e. The van der Waals surface area contributed by atoms with Gasteiger partial charge in [0.1, 0.15) is 5.82 Å². The first kappa shape index (κ1) is 12.9. The molecule has 2 aliphatic rings. The van der Waals surface area contributed by atoms with Crippen molar-refractivity contribution in [2.75, 3.05) is 11.9 Å². The molecule has 0 spiro atoms. The largest absolute Gasteiger partial charge is 0.465 e. The van der Waals surface area contributed by atoms with Gasteiger partial charge in [-0.25, -0.2) is 9.18 Å². The number of rotatable bonds is 2. The summed E-state index contributed by atoms with van der Waals surface area (Å²) >= 11 is 0. The van der Waals surface area contributed by atoms with E-state index in [9.17, 15) is 14.0 Å². The van der Waals surface area contributed by atoms with E-state index in [1.54, 1.807) is 13.0 Å². The summed E-state index contributed by atoms with van der Waals surface area (Å²) in [7, 11) is 0. The first-order chi connectivity index (χ1) is 9.47. The Balaban J connectivity index is 1.68. The number of hydrogen-bond acceptors (Lipinski definition) is 2. The summed E-state index contributed by atoms with van der Waals surface area (Å²) in [4.78, 5) is 24.5. The number of carbonyl (C=O) groups excluding carboxylic acids is 1. The Morgan fingerprint density at radius 2 is 2.20 bits per heavy atom. The molecule has 1 saturated heterocycles. The number of carbonyl (C=O) groups is 2. The van der Waals surface area contributed by atoms with E-state index in [1.807, 2.05) is 0 Å². The fourth-order valence-electron chi connectivity index (χ4n) is 2.93. The summed E-state index contributed by atoms with van der Waals surface area (Å²) in [6.07, 6.45) is -0.210. The van der Waals surface area contributed by atoms with Gasteiger partial charge in [0.2, 0.25) is 5.91 Å². The van der Waals surface area contributed by atoms with Crippen LogP contribution in [0.4, 0.5) is 14.9 Å². The molecule has 6 heteroatoms. The average molecular weight is 278 g/mol. The lowest BCUT2D eigenvalue weighted by Crippen LogP contribution is -2.34. The van der Waals surface area contributed by atoms with Gasteiger partial charge in [-0.2, -0.15) is 0 Å². The molecule has 106 valence electrons. The topological polar surface area (TPSA) is 69.6 Å². The van der Waals surface area contributed by atoms with Crippen molar-refractivity contribution >= 4 is 17.7 Å². The van der Waals surface area contributed by atoms with Crippen LogP contribution in [0.1, 0.15) is 12.0 Å². The number of piperidine rings is 1. The normalized spacial score (nSPS) is 27.1. The maximum atomic E-state index is 13.2. The van der Waals surface area contributed by atoms with Crippen LogP contribution >= 0.6 is 0 Å². The van der Waals surface area contributed by atoms with Crippen LogP contribution in [-0.4, -0.2) is 34.6 Å². The van der Waals surface area contributed by atoms with Gasteiger partial charge in [-0.05, 0) is 43.0 Å². The van der Waals surface area contributed by atoms with Crippen LogP contribution in [0.15, 0.2) is 18.2 Å². The number of nitrogens with zero attached hydrogens (tertiary/aromatic N) is 1. The van der Waals surface area contributed by atoms with E-state index in [4.69, 9.17) is 5.11 Å². The Morgan fingerprint density at radius 3 is 2.80 bits per heavy atom. The van der Waals surface area contributed by atoms with E-state index in [-0.39, 0.29) is 36.1 Å². The molecule has 1 aliphatic heterocycles. The Labute approximate surface area is 115 Å². The number of carboxylic acid groups (broad SMARTS) is 1. The van der Waals surface area contributed by atoms with E-state index < -0.39 is 6.09 Å². The molecule has 1 heterocycles. The Hall–Kier alpha value is -2.11. The molecule has 2 fully saturated rings. The zero-order chi connectivity index (χ0) is 14.4. The smallest absolute Gasteiger partial charge is 0.407 e. The molecule has 5 nitrogen and oxygen atoms in total. The average Bonchev–Trinajstić information content (AvgIpc) is 3.07. The van der Waals surface area contributed by atoms with E-state index in [2.05, 4.69) is 5.32 Å². The Morgan fingerprint density at radius 1 is 1.45 bits per heavy atom. The Bertz CT molecular complexity index is 590. The minimum absolute atomic E-state index is 0.00166. The van der Waals surface area contributed by atoms with E-state index in [1.165, 1.54) is 17.0 Å². The lowest BCUT2D eigenvalue weighted by atomic mass is 10.0. The molecule has 2 amide bonds. The van der Waals surface area contributed by atoms with Crippen LogP contribution in [0.5, 0.6) is 0 Å². The van der Waals surface area contributed by atoms with Crippen molar-refractivity contribution in [3.63, 3.8) is 0 Å². The number of amides is 2. The summed E-state index contributed by atoms with van der Waals surface area (Å²) in [6, 6.07) is 4.39. The van der Waals surface area contributed by atoms with Gasteiger partial charge in [0.25, 0.3) is 0 Å². The third-order valence-corrected chi connectivity index (χ3v) is 4.12. The van der Waals surface area contributed by atoms with Crippen LogP contribution in [0, 0.1) is 24.6 Å². The maximum absolute atomic E-state index is 13.2. The number of nitrogens with one attached hydrogen (secondary N) is 1. The molecule has 3 rings (SSSR count). The molecule has 3 atom stereocenters. The second kappa shape index (κ2) is 4.47. The fraction of sp³-hybridized carbons (Fsp3) is 0.429. The van der Waals surface area contributed by atoms with Gasteiger partial charge in [-0.15, -0.1) is 0 Å². The standard InChI is InChI=1S/C14H15FN2O3/c1-7-4-8(2-3-11(7)15)16-13(18)10-6-17(14(19)20)12-5-9(10)12/h2-4,9-10,12H,5-6H2,1H3,(H,16,18)(H,19,20). The van der Waals surface area contributed by atoms with Crippen LogP contribution in [0.2, 0.25) is 0 Å². The SMILES string of the molecule is Cc1cc(NC(=O)C2CN(C(=O)O)C3CC23)ccc1F. The summed E-state index contributed by atoms with van der Waals surface area (Å²) < 4.78 is 13.2. The number of fused-ring (bicyclic) bond motifs is 1. The number of aryl methyl sites for hydroxylation is 1. The van der Waals surface area contributed by atoms with Gasteiger partial charge in [0, 0.05) is 18.3 Å². The van der Waals surface area contributed by atoms with Gasteiger partial charge in [-0.3, -0.25) is 4.79 Å². The number of anilines is 1. The monoisotopic (exact) mass is 278 g/mol. The number of benzene rings is 1. The second-order valence-electron chi connectivity index (χ2n) is 5.46. The highest BCUT2D eigenvalue weighted by Crippen LogP contribution is 2.48. The van der Waals surface area contributed by atoms with Crippen LogP contribution in [0.3, 0.4) is 0 Å². The van der Waals surface area contributed by atoms with Crippen molar-refractivity contribution in [3.8, 4) is 0 Å². The van der Waals surface area contributed by atoms with Crippen molar-refractivity contribution in [2.45, 2.75) is 19.4 Å². The third-order valence-electron chi connectivity index (χ3n) is 4.12. The number of likely N-dealkylation sites (tertiary alicyclic amines) is 1. The number of hydrogen-bond donors (Lipinski definition) is 2. The zero-order valence-corrected chi connectivity index (χ0v) is 11.0. The van der Waals surface area contributed by atoms with Gasteiger partial charge in [0.05, 0.1) is 5.92 Å². The lowest BCUT2D eigenvalue weighted by Gasteiger charge is -2.17. The van der Waals surface area contributed by atoms with Crippen molar-refractivity contribution in [3.05, 3.63) is 29.6 Å². The highest BCUT2D eigenvalue weighted by Gasteiger charge is 2.57. The molecule has 0 bridgehead atoms.